The van der Waals surface area contributed by atoms with E-state index in [1.165, 1.54) is 12.1 Å². The molecule has 1 heteroatoms. The van der Waals surface area contributed by atoms with E-state index in [-0.39, 0.29) is 11.1 Å². The highest BCUT2D eigenvalue weighted by atomic mass is 16.3. The molecule has 0 amide bonds. The van der Waals surface area contributed by atoms with Crippen molar-refractivity contribution in [2.75, 3.05) is 0 Å². The third kappa shape index (κ3) is 3.72. The standard InChI is InChI=1S/C42H26O/c1-2-12-27(13-3-1)28-16-10-17-31(24-28)40-32-18-6-8-20-34(32)41(35-21-9-7-19-33(35)40)36-22-11-23-38-42(36)37-25-29-14-4-5-15-30(29)26-39(37)43-38/h1-26H/i4D,5D,6D,7D,8D,9D,10D,11D,14D,15D,16D,17D,18D,19D,20D,21D,22D,23D,24D,25D,26D. The lowest BCUT2D eigenvalue weighted by atomic mass is 9.84. The van der Waals surface area contributed by atoms with Crippen molar-refractivity contribution in [1.82, 2.24) is 0 Å². The molecule has 0 saturated carbocycles. The van der Waals surface area contributed by atoms with E-state index in [4.69, 9.17) is 22.2 Å². The first-order chi connectivity index (χ1) is 30.1. The highest BCUT2D eigenvalue weighted by Crippen LogP contribution is 2.47. The summed E-state index contributed by atoms with van der Waals surface area (Å²) in [5.41, 5.74) is -3.15. The molecule has 0 aliphatic heterocycles. The first kappa shape index (κ1) is 11.2. The Kier molecular flexibility index (Phi) is 2.46. The maximum atomic E-state index is 9.55. The molecule has 1 heterocycles. The van der Waals surface area contributed by atoms with Crippen LogP contribution in [0.25, 0.3) is 87.6 Å². The van der Waals surface area contributed by atoms with Crippen LogP contribution >= 0.6 is 0 Å². The van der Waals surface area contributed by atoms with Gasteiger partial charge in [0.1, 0.15) is 11.2 Å². The fraction of sp³-hybridized carbons (Fsp3) is 0. The van der Waals surface area contributed by atoms with Crippen molar-refractivity contribution >= 4 is 54.3 Å². The molecule has 200 valence electrons. The number of fused-ring (bicyclic) bond motifs is 6. The van der Waals surface area contributed by atoms with Crippen LogP contribution in [0.3, 0.4) is 0 Å². The largest absolute Gasteiger partial charge is 0.456 e. The SMILES string of the molecule is [2H]c1c([2H])c(-c2ccccc2)c([2H])c(-c2c3c([2H])c([2H])c([2H])c([2H])c3c(-c3c([2H])c([2H])c([2H])c4oc5c([2H])c6c([2H])c([2H])c([2H])c([2H])c6c([2H])c5c34)c3c([2H])c([2H])c([2H])c([2H])c23)c1[2H]. The minimum Gasteiger partial charge on any atom is -0.456 e. The van der Waals surface area contributed by atoms with Crippen LogP contribution in [-0.2, 0) is 0 Å². The van der Waals surface area contributed by atoms with E-state index in [0.717, 1.165) is 0 Å². The van der Waals surface area contributed by atoms with Crippen LogP contribution in [-0.4, -0.2) is 0 Å². The van der Waals surface area contributed by atoms with Gasteiger partial charge in [0.15, 0.2) is 0 Å². The molecule has 0 aliphatic rings. The van der Waals surface area contributed by atoms with E-state index in [2.05, 4.69) is 0 Å². The fourth-order valence-corrected chi connectivity index (χ4v) is 5.45. The monoisotopic (exact) mass is 567 g/mol. The summed E-state index contributed by atoms with van der Waals surface area (Å²) in [6, 6.07) is -8.30. The van der Waals surface area contributed by atoms with E-state index in [9.17, 15) is 11.0 Å². The van der Waals surface area contributed by atoms with Gasteiger partial charge in [-0.3, -0.25) is 0 Å². The second-order valence-electron chi connectivity index (χ2n) is 9.63. The Bertz CT molecular complexity index is 3590. The van der Waals surface area contributed by atoms with Gasteiger partial charge >= 0.3 is 0 Å². The van der Waals surface area contributed by atoms with Gasteiger partial charge in [0.25, 0.3) is 0 Å². The Morgan fingerprint density at radius 1 is 0.419 bits per heavy atom. The Morgan fingerprint density at radius 3 is 1.74 bits per heavy atom. The fourth-order valence-electron chi connectivity index (χ4n) is 5.45. The van der Waals surface area contributed by atoms with Gasteiger partial charge in [-0.1, -0.05) is 133 Å². The van der Waals surface area contributed by atoms with Crippen molar-refractivity contribution < 1.29 is 33.2 Å². The zero-order valence-electron chi connectivity index (χ0n) is 42.8. The van der Waals surface area contributed by atoms with Crippen LogP contribution in [0.4, 0.5) is 0 Å². The average molecular weight is 568 g/mol. The highest BCUT2D eigenvalue weighted by Gasteiger charge is 2.20. The molecule has 9 rings (SSSR count). The molecule has 0 spiro atoms. The zero-order valence-corrected chi connectivity index (χ0v) is 21.8. The van der Waals surface area contributed by atoms with E-state index in [1.807, 2.05) is 0 Å². The molecule has 0 unspecified atom stereocenters. The summed E-state index contributed by atoms with van der Waals surface area (Å²) >= 11 is 0. The Balaban J connectivity index is 1.66. The van der Waals surface area contributed by atoms with Gasteiger partial charge in [0.05, 0.1) is 28.8 Å². The molecule has 0 fully saturated rings. The number of benzene rings is 8. The second kappa shape index (κ2) is 9.44. The molecule has 8 aromatic carbocycles. The predicted molar refractivity (Wildman–Crippen MR) is 183 cm³/mol. The van der Waals surface area contributed by atoms with E-state index in [0.29, 0.717) is 0 Å². The summed E-state index contributed by atoms with van der Waals surface area (Å²) in [5.74, 6) is 0. The molecule has 0 saturated heterocycles. The van der Waals surface area contributed by atoms with Crippen molar-refractivity contribution in [2.24, 2.45) is 0 Å². The van der Waals surface area contributed by atoms with Gasteiger partial charge in [0.2, 0.25) is 0 Å². The minimum atomic E-state index is -0.880. The van der Waals surface area contributed by atoms with E-state index in [1.54, 1.807) is 18.2 Å². The first-order valence-corrected chi connectivity index (χ1v) is 13.1. The molecular weight excluding hydrogens is 520 g/mol. The van der Waals surface area contributed by atoms with Crippen molar-refractivity contribution in [3.8, 4) is 33.4 Å². The smallest absolute Gasteiger partial charge is 0.136 e. The lowest BCUT2D eigenvalue weighted by Crippen LogP contribution is -1.91. The summed E-state index contributed by atoms with van der Waals surface area (Å²) in [7, 11) is 0. The summed E-state index contributed by atoms with van der Waals surface area (Å²) in [4.78, 5) is 0. The molecule has 0 atom stereocenters. The van der Waals surface area contributed by atoms with Crippen LogP contribution in [0, 0.1) is 0 Å². The van der Waals surface area contributed by atoms with Gasteiger partial charge in [-0.25, -0.2) is 0 Å². The van der Waals surface area contributed by atoms with Crippen LogP contribution in [0.2, 0.25) is 0 Å². The van der Waals surface area contributed by atoms with Crippen LogP contribution in [0.1, 0.15) is 28.8 Å². The highest BCUT2D eigenvalue weighted by molar-refractivity contribution is 6.26. The summed E-state index contributed by atoms with van der Waals surface area (Å²) in [5, 5.41) is -3.95. The summed E-state index contributed by atoms with van der Waals surface area (Å²) in [6.07, 6.45) is 0. The lowest BCUT2D eigenvalue weighted by Gasteiger charge is -2.18. The molecule has 1 aromatic heterocycles. The first-order valence-electron chi connectivity index (χ1n) is 23.6. The van der Waals surface area contributed by atoms with Crippen molar-refractivity contribution in [3.63, 3.8) is 0 Å². The van der Waals surface area contributed by atoms with Gasteiger partial charge < -0.3 is 4.42 Å². The molecule has 0 N–H and O–H groups in total. The molecular formula is C42H26O. The zero-order chi connectivity index (χ0) is 46.6. The molecule has 0 bridgehead atoms. The van der Waals surface area contributed by atoms with Gasteiger partial charge in [-0.2, -0.15) is 0 Å². The number of furan rings is 1. The van der Waals surface area contributed by atoms with Gasteiger partial charge in [-0.05, 0) is 89.9 Å². The summed E-state index contributed by atoms with van der Waals surface area (Å²) in [6.45, 7) is 0. The van der Waals surface area contributed by atoms with Crippen molar-refractivity contribution in [1.29, 1.82) is 0 Å². The Morgan fingerprint density at radius 2 is 1.02 bits per heavy atom. The normalized spacial score (nSPS) is 18.6. The van der Waals surface area contributed by atoms with E-state index >= 15 is 0 Å². The quantitative estimate of drug-likeness (QED) is 0.194. The summed E-state index contributed by atoms with van der Waals surface area (Å²) < 4.78 is 196. The number of rotatable bonds is 3. The lowest BCUT2D eigenvalue weighted by molar-refractivity contribution is 0.669. The van der Waals surface area contributed by atoms with Crippen molar-refractivity contribution in [2.45, 2.75) is 0 Å². The molecule has 43 heavy (non-hydrogen) atoms. The Hall–Kier alpha value is -5.66. The topological polar surface area (TPSA) is 13.1 Å². The molecule has 0 radical (unpaired) electrons. The maximum absolute atomic E-state index is 9.55. The van der Waals surface area contributed by atoms with Crippen molar-refractivity contribution in [3.05, 3.63) is 157 Å². The number of hydrogen-bond donors (Lipinski definition) is 0. The van der Waals surface area contributed by atoms with Crippen LogP contribution < -0.4 is 0 Å². The van der Waals surface area contributed by atoms with Gasteiger partial charge in [0, 0.05) is 10.8 Å². The average Bonchev–Trinajstić information content (AvgIpc) is 3.68. The van der Waals surface area contributed by atoms with Gasteiger partial charge in [-0.15, -0.1) is 0 Å². The van der Waals surface area contributed by atoms with E-state index < -0.39 is 203 Å². The predicted octanol–water partition coefficient (Wildman–Crippen LogP) is 12.0. The Labute approximate surface area is 278 Å². The third-order valence-corrected chi connectivity index (χ3v) is 7.26. The third-order valence-electron chi connectivity index (χ3n) is 7.26. The van der Waals surface area contributed by atoms with Crippen LogP contribution in [0.15, 0.2) is 162 Å². The molecule has 9 aromatic rings. The molecule has 0 aliphatic carbocycles. The van der Waals surface area contributed by atoms with Crippen LogP contribution in [0.5, 0.6) is 0 Å². The minimum absolute atomic E-state index is 0.173. The maximum Gasteiger partial charge on any atom is 0.136 e. The second-order valence-corrected chi connectivity index (χ2v) is 9.63. The number of hydrogen-bond acceptors (Lipinski definition) is 1. The molecule has 1 nitrogen and oxygen atoms in total.